The van der Waals surface area contributed by atoms with Crippen molar-refractivity contribution in [2.75, 3.05) is 24.5 Å². The zero-order chi connectivity index (χ0) is 15.5. The van der Waals surface area contributed by atoms with Crippen molar-refractivity contribution < 1.29 is 13.2 Å². The van der Waals surface area contributed by atoms with Crippen molar-refractivity contribution in [1.82, 2.24) is 5.32 Å². The van der Waals surface area contributed by atoms with Crippen LogP contribution in [-0.2, 0) is 6.18 Å². The van der Waals surface area contributed by atoms with E-state index in [0.717, 1.165) is 45.0 Å². The second kappa shape index (κ2) is 7.01. The number of nitrogens with zero attached hydrogens (tertiary/aromatic N) is 1. The molecule has 0 radical (unpaired) electrons. The van der Waals surface area contributed by atoms with Gasteiger partial charge in [0.15, 0.2) is 0 Å². The lowest BCUT2D eigenvalue weighted by atomic mass is 10.1. The first-order valence-electron chi connectivity index (χ1n) is 7.26. The van der Waals surface area contributed by atoms with Crippen LogP contribution in [0.5, 0.6) is 0 Å². The van der Waals surface area contributed by atoms with Crippen molar-refractivity contribution in [3.63, 3.8) is 0 Å². The molecule has 1 unspecified atom stereocenters. The zero-order valence-electron chi connectivity index (χ0n) is 12.0. The van der Waals surface area contributed by atoms with Crippen LogP contribution in [0.2, 0.25) is 0 Å². The van der Waals surface area contributed by atoms with Crippen molar-refractivity contribution in [3.05, 3.63) is 28.2 Å². The van der Waals surface area contributed by atoms with Gasteiger partial charge in [0.1, 0.15) is 0 Å². The largest absolute Gasteiger partial charge is 0.416 e. The summed E-state index contributed by atoms with van der Waals surface area (Å²) in [6.45, 7) is 4.57. The van der Waals surface area contributed by atoms with Crippen LogP contribution in [0.3, 0.4) is 0 Å². The topological polar surface area (TPSA) is 15.3 Å². The summed E-state index contributed by atoms with van der Waals surface area (Å²) < 4.78 is 39.3. The summed E-state index contributed by atoms with van der Waals surface area (Å²) in [4.78, 5) is 2.06. The van der Waals surface area contributed by atoms with Gasteiger partial charge in [-0.1, -0.05) is 29.3 Å². The predicted molar refractivity (Wildman–Crippen MR) is 82.7 cm³/mol. The van der Waals surface area contributed by atoms with E-state index in [1.54, 1.807) is 6.07 Å². The standard InChI is InChI=1S/C15H20BrF3N2/c1-2-4-13-10-21(6-3-5-20-13)14-8-11(15(17,18)19)7-12(16)9-14/h7-9,13,20H,2-6,10H2,1H3. The molecule has 0 aromatic heterocycles. The number of halogens is 4. The van der Waals surface area contributed by atoms with Gasteiger partial charge >= 0.3 is 6.18 Å². The molecule has 1 N–H and O–H groups in total. The second-order valence-corrected chi connectivity index (χ2v) is 6.35. The predicted octanol–water partition coefficient (Wildman–Crippen LogP) is 4.44. The number of benzene rings is 1. The van der Waals surface area contributed by atoms with Gasteiger partial charge in [-0.15, -0.1) is 0 Å². The lowest BCUT2D eigenvalue weighted by Gasteiger charge is -2.27. The average Bonchev–Trinajstić information content (AvgIpc) is 2.63. The fourth-order valence-electron chi connectivity index (χ4n) is 2.69. The first-order valence-corrected chi connectivity index (χ1v) is 8.05. The van der Waals surface area contributed by atoms with E-state index in [-0.39, 0.29) is 0 Å². The number of nitrogens with one attached hydrogen (secondary N) is 1. The molecule has 1 aliphatic rings. The van der Waals surface area contributed by atoms with Crippen molar-refractivity contribution >= 4 is 21.6 Å². The van der Waals surface area contributed by atoms with Crippen LogP contribution < -0.4 is 10.2 Å². The lowest BCUT2D eigenvalue weighted by molar-refractivity contribution is -0.137. The minimum absolute atomic E-state index is 0.339. The molecule has 1 aromatic rings. The number of hydrogen-bond donors (Lipinski definition) is 1. The van der Waals surface area contributed by atoms with Crippen LogP contribution >= 0.6 is 15.9 Å². The van der Waals surface area contributed by atoms with E-state index in [2.05, 4.69) is 33.1 Å². The maximum Gasteiger partial charge on any atom is 0.416 e. The van der Waals surface area contributed by atoms with Gasteiger partial charge in [-0.3, -0.25) is 0 Å². The van der Waals surface area contributed by atoms with E-state index in [1.165, 1.54) is 6.07 Å². The molecule has 1 aliphatic heterocycles. The molecule has 1 saturated heterocycles. The van der Waals surface area contributed by atoms with Crippen molar-refractivity contribution in [3.8, 4) is 0 Å². The van der Waals surface area contributed by atoms with Crippen LogP contribution in [0.1, 0.15) is 31.7 Å². The van der Waals surface area contributed by atoms with Gasteiger partial charge in [0, 0.05) is 29.3 Å². The van der Waals surface area contributed by atoms with Crippen LogP contribution in [0, 0.1) is 0 Å². The third kappa shape index (κ3) is 4.61. The van der Waals surface area contributed by atoms with E-state index >= 15 is 0 Å². The molecular weight excluding hydrogens is 345 g/mol. The molecule has 1 fully saturated rings. The van der Waals surface area contributed by atoms with E-state index < -0.39 is 11.7 Å². The molecule has 0 spiro atoms. The molecule has 2 nitrogen and oxygen atoms in total. The molecule has 2 rings (SSSR count). The highest BCUT2D eigenvalue weighted by atomic mass is 79.9. The molecule has 1 atom stereocenters. The molecule has 118 valence electrons. The Morgan fingerprint density at radius 3 is 2.76 bits per heavy atom. The van der Waals surface area contributed by atoms with Gasteiger partial charge in [0.25, 0.3) is 0 Å². The first kappa shape index (κ1) is 16.6. The van der Waals surface area contributed by atoms with Gasteiger partial charge in [0.05, 0.1) is 5.56 Å². The van der Waals surface area contributed by atoms with Crippen molar-refractivity contribution in [2.45, 2.75) is 38.4 Å². The normalized spacial score (nSPS) is 20.4. The fraction of sp³-hybridized carbons (Fsp3) is 0.600. The van der Waals surface area contributed by atoms with E-state index in [1.807, 2.05) is 0 Å². The van der Waals surface area contributed by atoms with Crippen LogP contribution in [0.15, 0.2) is 22.7 Å². The fourth-order valence-corrected chi connectivity index (χ4v) is 3.18. The Kier molecular flexibility index (Phi) is 5.54. The SMILES string of the molecule is CCCC1CN(c2cc(Br)cc(C(F)(F)F)c2)CCCN1. The van der Waals surface area contributed by atoms with Crippen molar-refractivity contribution in [2.24, 2.45) is 0 Å². The number of hydrogen-bond acceptors (Lipinski definition) is 2. The average molecular weight is 365 g/mol. The molecular formula is C15H20BrF3N2. The summed E-state index contributed by atoms with van der Waals surface area (Å²) in [5, 5.41) is 3.47. The summed E-state index contributed by atoms with van der Waals surface area (Å²) in [7, 11) is 0. The molecule has 0 bridgehead atoms. The van der Waals surface area contributed by atoms with E-state index in [9.17, 15) is 13.2 Å². The first-order chi connectivity index (χ1) is 9.90. The maximum atomic E-state index is 12.9. The Morgan fingerprint density at radius 1 is 1.33 bits per heavy atom. The highest BCUT2D eigenvalue weighted by Crippen LogP contribution is 2.34. The highest BCUT2D eigenvalue weighted by molar-refractivity contribution is 9.10. The van der Waals surface area contributed by atoms with Crippen LogP contribution in [0.25, 0.3) is 0 Å². The summed E-state index contributed by atoms with van der Waals surface area (Å²) in [5.74, 6) is 0. The van der Waals surface area contributed by atoms with Crippen LogP contribution in [-0.4, -0.2) is 25.7 Å². The summed E-state index contributed by atoms with van der Waals surface area (Å²) in [6, 6.07) is 4.48. The second-order valence-electron chi connectivity index (χ2n) is 5.44. The Labute approximate surface area is 131 Å². The Balaban J connectivity index is 2.25. The monoisotopic (exact) mass is 364 g/mol. The maximum absolute atomic E-state index is 12.9. The Bertz CT molecular complexity index is 476. The smallest absolute Gasteiger partial charge is 0.370 e. The highest BCUT2D eigenvalue weighted by Gasteiger charge is 2.31. The molecule has 1 aromatic carbocycles. The quantitative estimate of drug-likeness (QED) is 0.852. The Hall–Kier alpha value is -0.750. The molecule has 0 amide bonds. The van der Waals surface area contributed by atoms with E-state index in [0.29, 0.717) is 16.2 Å². The summed E-state index contributed by atoms with van der Waals surface area (Å²) in [5.41, 5.74) is 0.0395. The number of rotatable bonds is 3. The minimum Gasteiger partial charge on any atom is -0.370 e. The third-order valence-electron chi connectivity index (χ3n) is 3.69. The minimum atomic E-state index is -4.31. The van der Waals surface area contributed by atoms with Gasteiger partial charge in [-0.2, -0.15) is 13.2 Å². The summed E-state index contributed by atoms with van der Waals surface area (Å²) >= 11 is 3.20. The molecule has 1 heterocycles. The van der Waals surface area contributed by atoms with Gasteiger partial charge < -0.3 is 10.2 Å². The third-order valence-corrected chi connectivity index (χ3v) is 4.15. The Morgan fingerprint density at radius 2 is 2.10 bits per heavy atom. The van der Waals surface area contributed by atoms with Gasteiger partial charge in [0.2, 0.25) is 0 Å². The molecule has 6 heteroatoms. The number of alkyl halides is 3. The van der Waals surface area contributed by atoms with Gasteiger partial charge in [-0.05, 0) is 37.6 Å². The number of anilines is 1. The zero-order valence-corrected chi connectivity index (χ0v) is 13.6. The molecule has 0 aliphatic carbocycles. The van der Waals surface area contributed by atoms with Crippen LogP contribution in [0.4, 0.5) is 18.9 Å². The van der Waals surface area contributed by atoms with Crippen molar-refractivity contribution in [1.29, 1.82) is 0 Å². The van der Waals surface area contributed by atoms with E-state index in [4.69, 9.17) is 0 Å². The lowest BCUT2D eigenvalue weighted by Crippen LogP contribution is -2.37. The summed E-state index contributed by atoms with van der Waals surface area (Å²) in [6.07, 6.45) is -1.27. The molecule has 21 heavy (non-hydrogen) atoms. The molecule has 0 saturated carbocycles. The van der Waals surface area contributed by atoms with Gasteiger partial charge in [-0.25, -0.2) is 0 Å².